The maximum Gasteiger partial charge on any atom is 0.240 e. The molecule has 1 aliphatic rings. The molecule has 28 heavy (non-hydrogen) atoms. The molecule has 0 unspecified atom stereocenters. The van der Waals surface area contributed by atoms with Crippen LogP contribution >= 0.6 is 11.6 Å². The summed E-state index contributed by atoms with van der Waals surface area (Å²) in [5.41, 5.74) is 2.42. The van der Waals surface area contributed by atoms with E-state index in [1.807, 2.05) is 28.9 Å². The van der Waals surface area contributed by atoms with Crippen molar-refractivity contribution in [2.24, 2.45) is 0 Å². The number of pyridine rings is 1. The van der Waals surface area contributed by atoms with E-state index >= 15 is 0 Å². The van der Waals surface area contributed by atoms with Crippen LogP contribution < -0.4 is 4.72 Å². The number of sulfonamides is 1. The molecule has 2 heterocycles. The zero-order valence-corrected chi connectivity index (χ0v) is 16.8. The van der Waals surface area contributed by atoms with E-state index in [1.54, 1.807) is 18.3 Å². The van der Waals surface area contributed by atoms with Crippen molar-refractivity contribution < 1.29 is 8.42 Å². The Labute approximate surface area is 169 Å². The summed E-state index contributed by atoms with van der Waals surface area (Å²) in [5, 5.41) is 5.09. The van der Waals surface area contributed by atoms with E-state index in [-0.39, 0.29) is 11.4 Å². The summed E-state index contributed by atoms with van der Waals surface area (Å²) in [4.78, 5) is 4.59. The van der Waals surface area contributed by atoms with Crippen LogP contribution in [0.15, 0.2) is 59.6 Å². The van der Waals surface area contributed by atoms with Crippen LogP contribution in [0.5, 0.6) is 0 Å². The lowest BCUT2D eigenvalue weighted by Gasteiger charge is -2.13. The van der Waals surface area contributed by atoms with Gasteiger partial charge < -0.3 is 0 Å². The van der Waals surface area contributed by atoms with E-state index in [0.29, 0.717) is 16.8 Å². The molecule has 1 saturated carbocycles. The molecule has 8 heteroatoms. The minimum Gasteiger partial charge on any atom is -0.260 e. The second-order valence-electron chi connectivity index (χ2n) is 6.90. The molecule has 0 spiro atoms. The second-order valence-corrected chi connectivity index (χ2v) is 9.10. The standard InChI is InChI=1S/C20H21ClN4O2S/c21-15-6-5-9-18(12-15)28(26,27)23-14-16-13-20(19-10-3-4-11-22-19)25(24-16)17-7-1-2-8-17/h3-6,9-13,17,23H,1-2,7-8,14H2. The fraction of sp³-hybridized carbons (Fsp3) is 0.300. The van der Waals surface area contributed by atoms with Crippen LogP contribution in [0.3, 0.4) is 0 Å². The molecule has 6 nitrogen and oxygen atoms in total. The number of hydrogen-bond donors (Lipinski definition) is 1. The zero-order valence-electron chi connectivity index (χ0n) is 15.3. The maximum atomic E-state index is 12.6. The fourth-order valence-corrected chi connectivity index (χ4v) is 4.85. The summed E-state index contributed by atoms with van der Waals surface area (Å²) in [6.07, 6.45) is 6.28. The molecule has 0 aliphatic heterocycles. The molecule has 1 aliphatic carbocycles. The number of hydrogen-bond acceptors (Lipinski definition) is 4. The first-order valence-electron chi connectivity index (χ1n) is 9.28. The molecule has 1 fully saturated rings. The Kier molecular flexibility index (Phi) is 5.48. The van der Waals surface area contributed by atoms with Crippen molar-refractivity contribution in [3.63, 3.8) is 0 Å². The third-order valence-electron chi connectivity index (χ3n) is 4.93. The van der Waals surface area contributed by atoms with E-state index in [0.717, 1.165) is 24.2 Å². The van der Waals surface area contributed by atoms with Crippen LogP contribution in [0.4, 0.5) is 0 Å². The van der Waals surface area contributed by atoms with Crippen molar-refractivity contribution in [1.82, 2.24) is 19.5 Å². The minimum atomic E-state index is -3.67. The Morgan fingerprint density at radius 2 is 1.93 bits per heavy atom. The maximum absolute atomic E-state index is 12.6. The van der Waals surface area contributed by atoms with Gasteiger partial charge in [-0.25, -0.2) is 13.1 Å². The highest BCUT2D eigenvalue weighted by molar-refractivity contribution is 7.89. The minimum absolute atomic E-state index is 0.106. The largest absolute Gasteiger partial charge is 0.260 e. The fourth-order valence-electron chi connectivity index (χ4n) is 3.55. The Morgan fingerprint density at radius 3 is 2.64 bits per heavy atom. The molecule has 0 amide bonds. The first-order valence-corrected chi connectivity index (χ1v) is 11.1. The molecule has 0 atom stereocenters. The number of aromatic nitrogens is 3. The van der Waals surface area contributed by atoms with Gasteiger partial charge in [0.1, 0.15) is 0 Å². The molecule has 0 radical (unpaired) electrons. The Morgan fingerprint density at radius 1 is 1.11 bits per heavy atom. The van der Waals surface area contributed by atoms with Gasteiger partial charge in [0, 0.05) is 11.2 Å². The predicted octanol–water partition coefficient (Wildman–Crippen LogP) is 4.19. The molecule has 1 N–H and O–H groups in total. The summed E-state index contributed by atoms with van der Waals surface area (Å²) in [7, 11) is -3.67. The van der Waals surface area contributed by atoms with E-state index in [1.165, 1.54) is 25.0 Å². The van der Waals surface area contributed by atoms with E-state index < -0.39 is 10.0 Å². The highest BCUT2D eigenvalue weighted by Crippen LogP contribution is 2.33. The van der Waals surface area contributed by atoms with Crippen LogP contribution in [0.25, 0.3) is 11.4 Å². The average molecular weight is 417 g/mol. The summed E-state index contributed by atoms with van der Waals surface area (Å²) >= 11 is 5.92. The Balaban J connectivity index is 1.60. The van der Waals surface area contributed by atoms with E-state index in [2.05, 4.69) is 9.71 Å². The summed E-state index contributed by atoms with van der Waals surface area (Å²) in [6.45, 7) is 0.106. The van der Waals surface area contributed by atoms with Crippen LogP contribution in [-0.2, 0) is 16.6 Å². The van der Waals surface area contributed by atoms with Gasteiger partial charge in [0.15, 0.2) is 0 Å². The van der Waals surface area contributed by atoms with E-state index in [9.17, 15) is 8.42 Å². The van der Waals surface area contributed by atoms with Crippen LogP contribution in [0.1, 0.15) is 37.4 Å². The van der Waals surface area contributed by atoms with Crippen molar-refractivity contribution in [1.29, 1.82) is 0 Å². The van der Waals surface area contributed by atoms with Crippen LogP contribution in [0, 0.1) is 0 Å². The van der Waals surface area contributed by atoms with Gasteiger partial charge in [-0.2, -0.15) is 5.10 Å². The third-order valence-corrected chi connectivity index (χ3v) is 6.57. The number of rotatable bonds is 6. The van der Waals surface area contributed by atoms with Crippen molar-refractivity contribution in [3.8, 4) is 11.4 Å². The van der Waals surface area contributed by atoms with Crippen LogP contribution in [0.2, 0.25) is 5.02 Å². The predicted molar refractivity (Wildman–Crippen MR) is 108 cm³/mol. The molecule has 1 aromatic carbocycles. The summed E-state index contributed by atoms with van der Waals surface area (Å²) < 4.78 is 29.7. The quantitative estimate of drug-likeness (QED) is 0.653. The second kappa shape index (κ2) is 8.03. The summed E-state index contributed by atoms with van der Waals surface area (Å²) in [6, 6.07) is 14.2. The van der Waals surface area contributed by atoms with Gasteiger partial charge in [0.2, 0.25) is 10.0 Å². The normalized spacial score (nSPS) is 15.2. The zero-order chi connectivity index (χ0) is 19.6. The third kappa shape index (κ3) is 4.11. The molecule has 4 rings (SSSR count). The molecule has 3 aromatic rings. The molecule has 0 bridgehead atoms. The first-order chi connectivity index (χ1) is 13.5. The lowest BCUT2D eigenvalue weighted by atomic mass is 10.2. The Bertz CT molecular complexity index is 1060. The first kappa shape index (κ1) is 19.1. The highest BCUT2D eigenvalue weighted by atomic mass is 35.5. The molecule has 2 aromatic heterocycles. The van der Waals surface area contributed by atoms with Gasteiger partial charge in [-0.3, -0.25) is 9.67 Å². The smallest absolute Gasteiger partial charge is 0.240 e. The van der Waals surface area contributed by atoms with Crippen LogP contribution in [-0.4, -0.2) is 23.2 Å². The number of benzene rings is 1. The SMILES string of the molecule is O=S(=O)(NCc1cc(-c2ccccn2)n(C2CCCC2)n1)c1cccc(Cl)c1. The lowest BCUT2D eigenvalue weighted by molar-refractivity contribution is 0.466. The van der Waals surface area contributed by atoms with Crippen molar-refractivity contribution in [3.05, 3.63) is 65.4 Å². The van der Waals surface area contributed by atoms with Crippen molar-refractivity contribution in [2.75, 3.05) is 0 Å². The summed E-state index contributed by atoms with van der Waals surface area (Å²) in [5.74, 6) is 0. The van der Waals surface area contributed by atoms with Gasteiger partial charge >= 0.3 is 0 Å². The number of nitrogens with zero attached hydrogens (tertiary/aromatic N) is 3. The van der Waals surface area contributed by atoms with Gasteiger partial charge in [0.25, 0.3) is 0 Å². The van der Waals surface area contributed by atoms with Gasteiger partial charge in [-0.1, -0.05) is 36.6 Å². The molecule has 146 valence electrons. The average Bonchev–Trinajstić information content (AvgIpc) is 3.37. The van der Waals surface area contributed by atoms with Crippen molar-refractivity contribution >= 4 is 21.6 Å². The van der Waals surface area contributed by atoms with Crippen molar-refractivity contribution in [2.45, 2.75) is 43.2 Å². The topological polar surface area (TPSA) is 76.9 Å². The molecular formula is C20H21ClN4O2S. The Hall–Kier alpha value is -2.22. The number of halogens is 1. The van der Waals surface area contributed by atoms with E-state index in [4.69, 9.17) is 16.7 Å². The van der Waals surface area contributed by atoms with Gasteiger partial charge in [0.05, 0.1) is 34.6 Å². The van der Waals surface area contributed by atoms with Gasteiger partial charge in [-0.05, 0) is 49.2 Å². The number of nitrogens with one attached hydrogen (secondary N) is 1. The lowest BCUT2D eigenvalue weighted by Crippen LogP contribution is -2.23. The molecular weight excluding hydrogens is 396 g/mol. The monoisotopic (exact) mass is 416 g/mol. The molecule has 0 saturated heterocycles. The highest BCUT2D eigenvalue weighted by Gasteiger charge is 2.23. The van der Waals surface area contributed by atoms with Gasteiger partial charge in [-0.15, -0.1) is 0 Å².